The van der Waals surface area contributed by atoms with Crippen molar-refractivity contribution >= 4 is 45.0 Å². The number of rotatable bonds is 5. The SMILES string of the molecule is O=C(Cc1csc(N2CCCC2=O)n1)Nc1ccc(-c2nc3ccccc3[nH]2)cc1. The molecular formula is C22H19N5O2S. The zero-order chi connectivity index (χ0) is 20.5. The van der Waals surface area contributed by atoms with Crippen molar-refractivity contribution in [1.29, 1.82) is 0 Å². The molecule has 1 aliphatic rings. The Morgan fingerprint density at radius 2 is 1.97 bits per heavy atom. The van der Waals surface area contributed by atoms with Crippen LogP contribution in [0.3, 0.4) is 0 Å². The smallest absolute Gasteiger partial charge is 0.230 e. The number of aromatic amines is 1. The highest BCUT2D eigenvalue weighted by atomic mass is 32.1. The lowest BCUT2D eigenvalue weighted by molar-refractivity contribution is -0.117. The Kier molecular flexibility index (Phi) is 4.76. The standard InChI is InChI=1S/C22H19N5O2S/c28-19(12-16-13-30-22(24-16)27-11-3-6-20(27)29)23-15-9-7-14(8-10-15)21-25-17-4-1-2-5-18(17)26-21/h1-2,4-5,7-10,13H,3,6,11-12H2,(H,23,28)(H,25,26). The molecule has 4 aromatic rings. The number of amides is 2. The predicted molar refractivity (Wildman–Crippen MR) is 118 cm³/mol. The van der Waals surface area contributed by atoms with E-state index >= 15 is 0 Å². The number of nitrogens with one attached hydrogen (secondary N) is 2. The van der Waals surface area contributed by atoms with Crippen molar-refractivity contribution in [2.24, 2.45) is 0 Å². The molecule has 2 N–H and O–H groups in total. The maximum Gasteiger partial charge on any atom is 0.230 e. The molecule has 8 heteroatoms. The van der Waals surface area contributed by atoms with Gasteiger partial charge in [-0.3, -0.25) is 14.5 Å². The molecule has 3 heterocycles. The summed E-state index contributed by atoms with van der Waals surface area (Å²) in [6.45, 7) is 0.704. The van der Waals surface area contributed by atoms with E-state index in [1.807, 2.05) is 53.9 Å². The van der Waals surface area contributed by atoms with Crippen LogP contribution in [0.15, 0.2) is 53.9 Å². The van der Waals surface area contributed by atoms with Crippen LogP contribution in [0.25, 0.3) is 22.4 Å². The second kappa shape index (κ2) is 7.72. The fourth-order valence-electron chi connectivity index (χ4n) is 3.52. The van der Waals surface area contributed by atoms with Gasteiger partial charge in [-0.05, 0) is 42.8 Å². The zero-order valence-electron chi connectivity index (χ0n) is 16.1. The highest BCUT2D eigenvalue weighted by Gasteiger charge is 2.24. The molecule has 5 rings (SSSR count). The first-order valence-electron chi connectivity index (χ1n) is 9.75. The van der Waals surface area contributed by atoms with Crippen molar-refractivity contribution in [3.8, 4) is 11.4 Å². The maximum absolute atomic E-state index is 12.4. The van der Waals surface area contributed by atoms with Gasteiger partial charge in [0.1, 0.15) is 5.82 Å². The minimum Gasteiger partial charge on any atom is -0.338 e. The summed E-state index contributed by atoms with van der Waals surface area (Å²) in [4.78, 5) is 38.3. The third kappa shape index (κ3) is 3.69. The van der Waals surface area contributed by atoms with Gasteiger partial charge < -0.3 is 10.3 Å². The Bertz CT molecular complexity index is 1190. The van der Waals surface area contributed by atoms with Crippen LogP contribution in [0.2, 0.25) is 0 Å². The second-order valence-electron chi connectivity index (χ2n) is 7.18. The van der Waals surface area contributed by atoms with Crippen LogP contribution >= 0.6 is 11.3 Å². The number of benzene rings is 2. The van der Waals surface area contributed by atoms with Crippen LogP contribution in [0.5, 0.6) is 0 Å². The summed E-state index contributed by atoms with van der Waals surface area (Å²) in [7, 11) is 0. The van der Waals surface area contributed by atoms with Crippen molar-refractivity contribution in [2.75, 3.05) is 16.8 Å². The lowest BCUT2D eigenvalue weighted by Gasteiger charge is -2.10. The first-order valence-corrected chi connectivity index (χ1v) is 10.6. The molecule has 2 amide bonds. The molecule has 2 aromatic carbocycles. The lowest BCUT2D eigenvalue weighted by Crippen LogP contribution is -2.23. The predicted octanol–water partition coefficient (Wildman–Crippen LogP) is 3.99. The number of carbonyl (C=O) groups excluding carboxylic acids is 2. The molecule has 1 fully saturated rings. The Morgan fingerprint density at radius 1 is 1.13 bits per heavy atom. The van der Waals surface area contributed by atoms with Crippen LogP contribution in [0.1, 0.15) is 18.5 Å². The molecule has 7 nitrogen and oxygen atoms in total. The number of thiazole rings is 1. The number of H-pyrrole nitrogens is 1. The molecule has 0 aliphatic carbocycles. The van der Waals surface area contributed by atoms with Crippen LogP contribution in [0, 0.1) is 0 Å². The molecule has 1 saturated heterocycles. The maximum atomic E-state index is 12.4. The van der Waals surface area contributed by atoms with E-state index in [1.54, 1.807) is 4.90 Å². The number of aromatic nitrogens is 3. The highest BCUT2D eigenvalue weighted by molar-refractivity contribution is 7.14. The molecule has 0 atom stereocenters. The number of imidazole rings is 1. The van der Waals surface area contributed by atoms with Crippen LogP contribution in [-0.2, 0) is 16.0 Å². The van der Waals surface area contributed by atoms with E-state index in [1.165, 1.54) is 11.3 Å². The Labute approximate surface area is 176 Å². The van der Waals surface area contributed by atoms with Crippen molar-refractivity contribution in [1.82, 2.24) is 15.0 Å². The van der Waals surface area contributed by atoms with Crippen molar-refractivity contribution in [3.05, 3.63) is 59.6 Å². The molecule has 0 spiro atoms. The van der Waals surface area contributed by atoms with E-state index in [0.717, 1.165) is 28.8 Å². The molecule has 0 bridgehead atoms. The largest absolute Gasteiger partial charge is 0.338 e. The quantitative estimate of drug-likeness (QED) is 0.514. The van der Waals surface area contributed by atoms with Gasteiger partial charge in [-0.1, -0.05) is 12.1 Å². The summed E-state index contributed by atoms with van der Waals surface area (Å²) in [6, 6.07) is 15.4. The fraction of sp³-hybridized carbons (Fsp3) is 0.182. The third-order valence-electron chi connectivity index (χ3n) is 5.02. The minimum atomic E-state index is -0.143. The van der Waals surface area contributed by atoms with Gasteiger partial charge in [0.2, 0.25) is 11.8 Å². The highest BCUT2D eigenvalue weighted by Crippen LogP contribution is 2.26. The van der Waals surface area contributed by atoms with Crippen molar-refractivity contribution in [2.45, 2.75) is 19.3 Å². The molecule has 30 heavy (non-hydrogen) atoms. The van der Waals surface area contributed by atoms with Crippen LogP contribution < -0.4 is 10.2 Å². The molecular weight excluding hydrogens is 398 g/mol. The minimum absolute atomic E-state index is 0.102. The third-order valence-corrected chi connectivity index (χ3v) is 5.93. The number of para-hydroxylation sites is 2. The van der Waals surface area contributed by atoms with E-state index < -0.39 is 0 Å². The summed E-state index contributed by atoms with van der Waals surface area (Å²) in [5, 5.41) is 5.41. The average Bonchev–Trinajstić information content (AvgIpc) is 3.47. The molecule has 0 radical (unpaired) electrons. The first-order chi connectivity index (χ1) is 14.7. The van der Waals surface area contributed by atoms with Crippen LogP contribution in [0.4, 0.5) is 10.8 Å². The zero-order valence-corrected chi connectivity index (χ0v) is 16.9. The normalized spacial score (nSPS) is 13.9. The van der Waals surface area contributed by atoms with Gasteiger partial charge in [0.05, 0.1) is 23.1 Å². The van der Waals surface area contributed by atoms with Gasteiger partial charge in [-0.15, -0.1) is 11.3 Å². The summed E-state index contributed by atoms with van der Waals surface area (Å²) in [5.74, 6) is 0.751. The van der Waals surface area contributed by atoms with Gasteiger partial charge in [0.25, 0.3) is 0 Å². The number of nitrogens with zero attached hydrogens (tertiary/aromatic N) is 3. The number of hydrogen-bond donors (Lipinski definition) is 2. The Balaban J connectivity index is 1.23. The van der Waals surface area contributed by atoms with E-state index in [0.29, 0.717) is 29.5 Å². The first kappa shape index (κ1) is 18.5. The number of fused-ring (bicyclic) bond motifs is 1. The summed E-state index contributed by atoms with van der Waals surface area (Å²) in [5.41, 5.74) is 4.24. The van der Waals surface area contributed by atoms with E-state index in [2.05, 4.69) is 20.3 Å². The van der Waals surface area contributed by atoms with Crippen molar-refractivity contribution in [3.63, 3.8) is 0 Å². The Hall–Kier alpha value is -3.52. The molecule has 0 unspecified atom stereocenters. The second-order valence-corrected chi connectivity index (χ2v) is 8.01. The van der Waals surface area contributed by atoms with E-state index in [4.69, 9.17) is 0 Å². The van der Waals surface area contributed by atoms with Gasteiger partial charge >= 0.3 is 0 Å². The molecule has 150 valence electrons. The molecule has 1 aliphatic heterocycles. The van der Waals surface area contributed by atoms with Gasteiger partial charge in [-0.2, -0.15) is 0 Å². The molecule has 0 saturated carbocycles. The summed E-state index contributed by atoms with van der Waals surface area (Å²) >= 11 is 1.40. The van der Waals surface area contributed by atoms with E-state index in [-0.39, 0.29) is 18.2 Å². The Morgan fingerprint density at radius 3 is 2.73 bits per heavy atom. The topological polar surface area (TPSA) is 91.0 Å². The number of carbonyl (C=O) groups is 2. The summed E-state index contributed by atoms with van der Waals surface area (Å²) < 4.78 is 0. The monoisotopic (exact) mass is 417 g/mol. The number of anilines is 2. The fourth-order valence-corrected chi connectivity index (χ4v) is 4.39. The number of hydrogen-bond acceptors (Lipinski definition) is 5. The summed E-state index contributed by atoms with van der Waals surface area (Å²) in [6.07, 6.45) is 1.60. The average molecular weight is 417 g/mol. The molecule has 2 aromatic heterocycles. The van der Waals surface area contributed by atoms with Crippen LogP contribution in [-0.4, -0.2) is 33.3 Å². The van der Waals surface area contributed by atoms with Gasteiger partial charge in [-0.25, -0.2) is 9.97 Å². The van der Waals surface area contributed by atoms with Gasteiger partial charge in [0, 0.05) is 29.6 Å². The van der Waals surface area contributed by atoms with Gasteiger partial charge in [0.15, 0.2) is 5.13 Å². The lowest BCUT2D eigenvalue weighted by atomic mass is 10.2. The van der Waals surface area contributed by atoms with E-state index in [9.17, 15) is 9.59 Å². The van der Waals surface area contributed by atoms with Crippen molar-refractivity contribution < 1.29 is 9.59 Å².